The molecule has 8 heteroatoms. The van der Waals surface area contributed by atoms with E-state index >= 15 is 0 Å². The van der Waals surface area contributed by atoms with Crippen LogP contribution in [0.15, 0.2) is 17.1 Å². The van der Waals surface area contributed by atoms with Gasteiger partial charge in [-0.25, -0.2) is 9.97 Å². The van der Waals surface area contributed by atoms with Gasteiger partial charge in [-0.1, -0.05) is 0 Å². The number of rotatable bonds is 3. The Balaban J connectivity index is 1.89. The predicted molar refractivity (Wildman–Crippen MR) is 75.0 cm³/mol. The van der Waals surface area contributed by atoms with E-state index in [9.17, 15) is 0 Å². The zero-order valence-corrected chi connectivity index (χ0v) is 12.1. The Kier molecular flexibility index (Phi) is 3.33. The van der Waals surface area contributed by atoms with E-state index in [1.165, 1.54) is 0 Å². The molecule has 0 amide bonds. The quantitative estimate of drug-likeness (QED) is 0.917. The van der Waals surface area contributed by atoms with Gasteiger partial charge in [-0.3, -0.25) is 0 Å². The highest BCUT2D eigenvalue weighted by molar-refractivity contribution is 9.10. The molecule has 2 aromatic heterocycles. The monoisotopic (exact) mass is 323 g/mol. The van der Waals surface area contributed by atoms with Crippen molar-refractivity contribution < 1.29 is 0 Å². The van der Waals surface area contributed by atoms with Crippen molar-refractivity contribution >= 4 is 27.6 Å². The molecule has 1 N–H and O–H groups in total. The molecule has 0 spiro atoms. The van der Waals surface area contributed by atoms with Crippen molar-refractivity contribution in [3.63, 3.8) is 0 Å². The van der Waals surface area contributed by atoms with E-state index in [0.717, 1.165) is 41.6 Å². The summed E-state index contributed by atoms with van der Waals surface area (Å²) in [7, 11) is 0. The number of fused-ring (bicyclic) bond motifs is 1. The SMILES string of the molecule is CCNc1ncnc(N2CCn3cnnc3C2)c1Br. The molecule has 3 heterocycles. The third-order valence-electron chi connectivity index (χ3n) is 3.05. The zero-order valence-electron chi connectivity index (χ0n) is 10.5. The molecular weight excluding hydrogens is 310 g/mol. The van der Waals surface area contributed by atoms with Crippen LogP contribution in [0.1, 0.15) is 12.7 Å². The molecule has 0 saturated heterocycles. The van der Waals surface area contributed by atoms with E-state index in [0.29, 0.717) is 6.54 Å². The minimum absolute atomic E-state index is 0.710. The molecule has 3 rings (SSSR count). The summed E-state index contributed by atoms with van der Waals surface area (Å²) in [4.78, 5) is 10.8. The lowest BCUT2D eigenvalue weighted by Gasteiger charge is -2.28. The molecule has 100 valence electrons. The van der Waals surface area contributed by atoms with Crippen LogP contribution in [0.2, 0.25) is 0 Å². The fourth-order valence-electron chi connectivity index (χ4n) is 2.12. The molecule has 0 bridgehead atoms. The highest BCUT2D eigenvalue weighted by Gasteiger charge is 2.21. The Morgan fingerprint density at radius 2 is 2.26 bits per heavy atom. The summed E-state index contributed by atoms with van der Waals surface area (Å²) in [6.45, 7) is 5.32. The van der Waals surface area contributed by atoms with Crippen LogP contribution < -0.4 is 10.2 Å². The maximum Gasteiger partial charge on any atom is 0.152 e. The number of anilines is 2. The smallest absolute Gasteiger partial charge is 0.152 e. The number of hydrogen-bond acceptors (Lipinski definition) is 6. The van der Waals surface area contributed by atoms with Gasteiger partial charge in [-0.15, -0.1) is 10.2 Å². The molecule has 0 aromatic carbocycles. The van der Waals surface area contributed by atoms with Gasteiger partial charge < -0.3 is 14.8 Å². The largest absolute Gasteiger partial charge is 0.369 e. The van der Waals surface area contributed by atoms with Crippen molar-refractivity contribution in [3.05, 3.63) is 23.0 Å². The molecule has 0 unspecified atom stereocenters. The first-order chi connectivity index (χ1) is 9.29. The lowest BCUT2D eigenvalue weighted by atomic mass is 10.3. The lowest BCUT2D eigenvalue weighted by Crippen LogP contribution is -2.34. The van der Waals surface area contributed by atoms with Crippen LogP contribution in [0.4, 0.5) is 11.6 Å². The third-order valence-corrected chi connectivity index (χ3v) is 3.78. The number of halogens is 1. The average Bonchev–Trinajstić information content (AvgIpc) is 2.88. The Morgan fingerprint density at radius 3 is 3.11 bits per heavy atom. The normalized spacial score (nSPS) is 14.3. The molecule has 1 aliphatic rings. The number of nitrogens with zero attached hydrogens (tertiary/aromatic N) is 6. The van der Waals surface area contributed by atoms with Gasteiger partial charge in [-0.05, 0) is 22.9 Å². The Labute approximate surface area is 119 Å². The van der Waals surface area contributed by atoms with Crippen LogP contribution >= 0.6 is 15.9 Å². The van der Waals surface area contributed by atoms with Crippen molar-refractivity contribution in [3.8, 4) is 0 Å². The lowest BCUT2D eigenvalue weighted by molar-refractivity contribution is 0.555. The maximum absolute atomic E-state index is 4.37. The fourth-order valence-corrected chi connectivity index (χ4v) is 2.71. The van der Waals surface area contributed by atoms with Crippen LogP contribution in [0, 0.1) is 0 Å². The van der Waals surface area contributed by atoms with Crippen molar-refractivity contribution in [2.75, 3.05) is 23.3 Å². The zero-order chi connectivity index (χ0) is 13.2. The van der Waals surface area contributed by atoms with Gasteiger partial charge >= 0.3 is 0 Å². The summed E-state index contributed by atoms with van der Waals surface area (Å²) in [5, 5.41) is 11.3. The van der Waals surface area contributed by atoms with Gasteiger partial charge in [0.15, 0.2) is 5.82 Å². The standard InChI is InChI=1S/C11H14BrN7/c1-2-13-10-9(12)11(15-6-14-10)18-3-4-19-7-16-17-8(19)5-18/h6-7H,2-5H2,1H3,(H,13,14,15). The van der Waals surface area contributed by atoms with E-state index < -0.39 is 0 Å². The molecule has 2 aromatic rings. The van der Waals surface area contributed by atoms with Gasteiger partial charge in [-0.2, -0.15) is 0 Å². The molecule has 0 fully saturated rings. The summed E-state index contributed by atoms with van der Waals surface area (Å²) < 4.78 is 2.96. The van der Waals surface area contributed by atoms with Crippen LogP contribution in [0.5, 0.6) is 0 Å². The summed E-state index contributed by atoms with van der Waals surface area (Å²) >= 11 is 3.58. The molecular formula is C11H14BrN7. The second kappa shape index (κ2) is 5.12. The van der Waals surface area contributed by atoms with Crippen LogP contribution in [-0.4, -0.2) is 37.8 Å². The summed E-state index contributed by atoms with van der Waals surface area (Å²) in [5.41, 5.74) is 0. The second-order valence-corrected chi connectivity index (χ2v) is 5.05. The average molecular weight is 324 g/mol. The Bertz CT molecular complexity index is 582. The Hall–Kier alpha value is -1.70. The molecule has 0 aliphatic carbocycles. The molecule has 7 nitrogen and oxygen atoms in total. The second-order valence-electron chi connectivity index (χ2n) is 4.25. The summed E-state index contributed by atoms with van der Waals surface area (Å²) in [5.74, 6) is 2.67. The van der Waals surface area contributed by atoms with Crippen molar-refractivity contribution in [2.24, 2.45) is 0 Å². The first kappa shape index (κ1) is 12.3. The van der Waals surface area contributed by atoms with E-state index in [4.69, 9.17) is 0 Å². The highest BCUT2D eigenvalue weighted by atomic mass is 79.9. The first-order valence-electron chi connectivity index (χ1n) is 6.15. The topological polar surface area (TPSA) is 71.8 Å². The van der Waals surface area contributed by atoms with Gasteiger partial charge in [0.25, 0.3) is 0 Å². The maximum atomic E-state index is 4.37. The predicted octanol–water partition coefficient (Wildman–Crippen LogP) is 1.28. The molecule has 0 saturated carbocycles. The Morgan fingerprint density at radius 1 is 1.37 bits per heavy atom. The van der Waals surface area contributed by atoms with Gasteiger partial charge in [0.2, 0.25) is 0 Å². The molecule has 0 radical (unpaired) electrons. The van der Waals surface area contributed by atoms with Crippen LogP contribution in [0.3, 0.4) is 0 Å². The first-order valence-corrected chi connectivity index (χ1v) is 6.95. The molecule has 19 heavy (non-hydrogen) atoms. The van der Waals surface area contributed by atoms with Crippen LogP contribution in [0.25, 0.3) is 0 Å². The number of hydrogen-bond donors (Lipinski definition) is 1. The van der Waals surface area contributed by atoms with Crippen LogP contribution in [-0.2, 0) is 13.1 Å². The van der Waals surface area contributed by atoms with Crippen molar-refractivity contribution in [1.82, 2.24) is 24.7 Å². The fraction of sp³-hybridized carbons (Fsp3) is 0.455. The molecule has 1 aliphatic heterocycles. The van der Waals surface area contributed by atoms with E-state index in [2.05, 4.69) is 50.9 Å². The van der Waals surface area contributed by atoms with E-state index in [1.54, 1.807) is 12.7 Å². The summed E-state index contributed by atoms with van der Waals surface area (Å²) in [6, 6.07) is 0. The number of nitrogens with one attached hydrogen (secondary N) is 1. The van der Waals surface area contributed by atoms with Gasteiger partial charge in [0, 0.05) is 19.6 Å². The van der Waals surface area contributed by atoms with Crippen molar-refractivity contribution in [2.45, 2.75) is 20.0 Å². The van der Waals surface area contributed by atoms with Gasteiger partial charge in [0.05, 0.1) is 6.54 Å². The van der Waals surface area contributed by atoms with Crippen molar-refractivity contribution in [1.29, 1.82) is 0 Å². The third kappa shape index (κ3) is 2.27. The minimum atomic E-state index is 0.710. The number of aromatic nitrogens is 5. The summed E-state index contributed by atoms with van der Waals surface area (Å²) in [6.07, 6.45) is 3.35. The molecule has 0 atom stereocenters. The minimum Gasteiger partial charge on any atom is -0.369 e. The van der Waals surface area contributed by atoms with E-state index in [1.807, 2.05) is 6.92 Å². The van der Waals surface area contributed by atoms with E-state index in [-0.39, 0.29) is 0 Å². The highest BCUT2D eigenvalue weighted by Crippen LogP contribution is 2.30. The van der Waals surface area contributed by atoms with Gasteiger partial charge in [0.1, 0.15) is 28.8 Å².